The first-order valence-electron chi connectivity index (χ1n) is 3.09. The lowest BCUT2D eigenvalue weighted by Crippen LogP contribution is -1.81. The molecule has 0 aliphatic rings. The molecule has 0 amide bonds. The highest BCUT2D eigenvalue weighted by Crippen LogP contribution is 2.20. The van der Waals surface area contributed by atoms with Gasteiger partial charge in [0.1, 0.15) is 11.3 Å². The predicted molar refractivity (Wildman–Crippen MR) is 44.6 cm³/mol. The minimum absolute atomic E-state index is 0.241. The largest absolute Gasteiger partial charge is 0.506 e. The molecule has 2 rings (SSSR count). The number of rotatable bonds is 0. The van der Waals surface area contributed by atoms with Crippen molar-refractivity contribution in [2.75, 3.05) is 0 Å². The smallest absolute Gasteiger partial charge is 0.181 e. The molecule has 56 valence electrons. The Kier molecular flexibility index (Phi) is 1.35. The van der Waals surface area contributed by atoms with Crippen LogP contribution in [0.3, 0.4) is 0 Å². The minimum atomic E-state index is 0.241. The zero-order valence-electron chi connectivity index (χ0n) is 5.53. The van der Waals surface area contributed by atoms with Crippen LogP contribution >= 0.6 is 15.9 Å². The van der Waals surface area contributed by atoms with Gasteiger partial charge in [-0.3, -0.25) is 4.40 Å². The lowest BCUT2D eigenvalue weighted by Gasteiger charge is -1.95. The van der Waals surface area contributed by atoms with Gasteiger partial charge in [-0.25, -0.2) is 4.98 Å². The summed E-state index contributed by atoms with van der Waals surface area (Å²) >= 11 is 3.24. The topological polar surface area (TPSA) is 37.5 Å². The molecule has 0 radical (unpaired) electrons. The number of nitrogens with zero attached hydrogens (tertiary/aromatic N) is 2. The Bertz CT molecular complexity index is 396. The molecule has 0 spiro atoms. The first kappa shape index (κ1) is 6.67. The van der Waals surface area contributed by atoms with Gasteiger partial charge in [0.15, 0.2) is 4.73 Å². The lowest BCUT2D eigenvalue weighted by molar-refractivity contribution is 0.479. The quantitative estimate of drug-likeness (QED) is 0.724. The Morgan fingerprint density at radius 1 is 1.55 bits per heavy atom. The summed E-state index contributed by atoms with van der Waals surface area (Å²) in [7, 11) is 0. The first-order valence-corrected chi connectivity index (χ1v) is 3.89. The van der Waals surface area contributed by atoms with E-state index >= 15 is 0 Å². The lowest BCUT2D eigenvalue weighted by atomic mass is 10.4. The minimum Gasteiger partial charge on any atom is -0.506 e. The van der Waals surface area contributed by atoms with E-state index in [4.69, 9.17) is 0 Å². The number of hydrogen-bond donors (Lipinski definition) is 1. The molecule has 4 heteroatoms. The van der Waals surface area contributed by atoms with E-state index in [1.165, 1.54) is 0 Å². The van der Waals surface area contributed by atoms with Crippen LogP contribution < -0.4 is 0 Å². The number of halogens is 1. The van der Waals surface area contributed by atoms with Gasteiger partial charge in [0.25, 0.3) is 0 Å². The van der Waals surface area contributed by atoms with Crippen LogP contribution in [0.4, 0.5) is 0 Å². The van der Waals surface area contributed by atoms with Gasteiger partial charge in [0, 0.05) is 6.20 Å². The van der Waals surface area contributed by atoms with Crippen LogP contribution in [0, 0.1) is 0 Å². The molecular formula is C7H5BrN2O. The van der Waals surface area contributed by atoms with E-state index in [-0.39, 0.29) is 5.75 Å². The van der Waals surface area contributed by atoms with E-state index in [2.05, 4.69) is 20.9 Å². The average molecular weight is 213 g/mol. The second-order valence-corrected chi connectivity index (χ2v) is 2.89. The summed E-state index contributed by atoms with van der Waals surface area (Å²) in [6.07, 6.45) is 3.44. The van der Waals surface area contributed by atoms with E-state index in [0.717, 1.165) is 0 Å². The third-order valence-electron chi connectivity index (χ3n) is 1.50. The summed E-state index contributed by atoms with van der Waals surface area (Å²) in [6, 6.07) is 3.39. The molecule has 0 aliphatic heterocycles. The molecule has 2 heterocycles. The summed E-state index contributed by atoms with van der Waals surface area (Å²) in [5.41, 5.74) is 0.708. The van der Waals surface area contributed by atoms with E-state index < -0.39 is 0 Å². The fraction of sp³-hybridized carbons (Fsp3) is 0. The third kappa shape index (κ3) is 0.903. The van der Waals surface area contributed by atoms with E-state index in [1.807, 2.05) is 6.20 Å². The molecule has 3 nitrogen and oxygen atoms in total. The molecule has 0 aliphatic carbocycles. The zero-order valence-corrected chi connectivity index (χ0v) is 7.12. The maximum atomic E-state index is 9.30. The van der Waals surface area contributed by atoms with Crippen LogP contribution in [0.15, 0.2) is 29.3 Å². The Labute approximate surface area is 71.4 Å². The first-order chi connectivity index (χ1) is 5.29. The monoisotopic (exact) mass is 212 g/mol. The zero-order chi connectivity index (χ0) is 7.84. The average Bonchev–Trinajstić information content (AvgIpc) is 2.35. The van der Waals surface area contributed by atoms with Gasteiger partial charge >= 0.3 is 0 Å². The molecular weight excluding hydrogens is 208 g/mol. The van der Waals surface area contributed by atoms with Gasteiger partial charge in [0.2, 0.25) is 0 Å². The summed E-state index contributed by atoms with van der Waals surface area (Å²) in [6.45, 7) is 0. The molecule has 0 bridgehead atoms. The van der Waals surface area contributed by atoms with Gasteiger partial charge < -0.3 is 5.11 Å². The van der Waals surface area contributed by atoms with E-state index in [1.54, 1.807) is 22.7 Å². The third-order valence-corrected chi connectivity index (χ3v) is 2.09. The van der Waals surface area contributed by atoms with Crippen LogP contribution in [0.2, 0.25) is 0 Å². The van der Waals surface area contributed by atoms with Crippen molar-refractivity contribution in [3.05, 3.63) is 29.3 Å². The number of fused-ring (bicyclic) bond motifs is 1. The summed E-state index contributed by atoms with van der Waals surface area (Å²) < 4.78 is 2.46. The summed E-state index contributed by atoms with van der Waals surface area (Å²) in [5, 5.41) is 9.30. The van der Waals surface area contributed by atoms with Crippen molar-refractivity contribution in [2.24, 2.45) is 0 Å². The number of aromatic hydroxyl groups is 1. The second kappa shape index (κ2) is 2.23. The van der Waals surface area contributed by atoms with Gasteiger partial charge in [-0.05, 0) is 28.1 Å². The molecule has 0 fully saturated rings. The SMILES string of the molecule is Oc1cccn2c(Br)ncc12. The highest BCUT2D eigenvalue weighted by molar-refractivity contribution is 9.10. The van der Waals surface area contributed by atoms with Gasteiger partial charge in [0.05, 0.1) is 6.20 Å². The number of aromatic nitrogens is 2. The number of imidazole rings is 1. The van der Waals surface area contributed by atoms with Crippen molar-refractivity contribution in [1.82, 2.24) is 9.38 Å². The van der Waals surface area contributed by atoms with Crippen molar-refractivity contribution >= 4 is 21.4 Å². The Hall–Kier alpha value is -1.03. The van der Waals surface area contributed by atoms with Crippen molar-refractivity contribution in [3.63, 3.8) is 0 Å². The molecule has 11 heavy (non-hydrogen) atoms. The molecule has 2 aromatic heterocycles. The van der Waals surface area contributed by atoms with Crippen molar-refractivity contribution in [3.8, 4) is 5.75 Å². The van der Waals surface area contributed by atoms with Crippen molar-refractivity contribution in [2.45, 2.75) is 0 Å². The Morgan fingerprint density at radius 2 is 2.36 bits per heavy atom. The highest BCUT2D eigenvalue weighted by Gasteiger charge is 2.01. The molecule has 0 aromatic carbocycles. The molecule has 2 aromatic rings. The van der Waals surface area contributed by atoms with Crippen LogP contribution in [-0.2, 0) is 0 Å². The maximum Gasteiger partial charge on any atom is 0.181 e. The summed E-state index contributed by atoms with van der Waals surface area (Å²) in [5.74, 6) is 0.241. The van der Waals surface area contributed by atoms with Crippen molar-refractivity contribution < 1.29 is 5.11 Å². The van der Waals surface area contributed by atoms with Crippen molar-refractivity contribution in [1.29, 1.82) is 0 Å². The fourth-order valence-corrected chi connectivity index (χ4v) is 1.39. The van der Waals surface area contributed by atoms with Crippen LogP contribution in [-0.4, -0.2) is 14.5 Å². The molecule has 0 saturated heterocycles. The van der Waals surface area contributed by atoms with Crippen LogP contribution in [0.5, 0.6) is 5.75 Å². The molecule has 0 saturated carbocycles. The van der Waals surface area contributed by atoms with E-state index in [0.29, 0.717) is 10.3 Å². The Morgan fingerprint density at radius 3 is 3.09 bits per heavy atom. The normalized spacial score (nSPS) is 10.6. The second-order valence-electron chi connectivity index (χ2n) is 2.18. The molecule has 1 N–H and O–H groups in total. The summed E-state index contributed by atoms with van der Waals surface area (Å²) in [4.78, 5) is 3.98. The van der Waals surface area contributed by atoms with Gasteiger partial charge in [-0.15, -0.1) is 0 Å². The molecule has 0 unspecified atom stereocenters. The van der Waals surface area contributed by atoms with Gasteiger partial charge in [-0.2, -0.15) is 0 Å². The van der Waals surface area contributed by atoms with Gasteiger partial charge in [-0.1, -0.05) is 0 Å². The van der Waals surface area contributed by atoms with E-state index in [9.17, 15) is 5.11 Å². The number of hydrogen-bond acceptors (Lipinski definition) is 2. The standard InChI is InChI=1S/C7H5BrN2O/c8-7-9-4-5-6(11)2-1-3-10(5)7/h1-4,11H. The molecule has 0 atom stereocenters. The maximum absolute atomic E-state index is 9.30. The van der Waals surface area contributed by atoms with Crippen LogP contribution in [0.1, 0.15) is 0 Å². The highest BCUT2D eigenvalue weighted by atomic mass is 79.9. The number of pyridine rings is 1. The predicted octanol–water partition coefficient (Wildman–Crippen LogP) is 1.80. The van der Waals surface area contributed by atoms with Crippen LogP contribution in [0.25, 0.3) is 5.52 Å². The Balaban J connectivity index is 2.94. The fourth-order valence-electron chi connectivity index (χ4n) is 0.975.